The van der Waals surface area contributed by atoms with E-state index in [1.807, 2.05) is 69.3 Å². The van der Waals surface area contributed by atoms with Gasteiger partial charge in [0.15, 0.2) is 11.5 Å². The summed E-state index contributed by atoms with van der Waals surface area (Å²) in [7, 11) is 1.59. The highest BCUT2D eigenvalue weighted by atomic mass is 16.5. The standard InChI is InChI=1S/C41H32O4.C2H6.C2H2/c1-4-13-27-24(2)26-15-6-5-14-25(26)22-33(27)37-29-17-7-9-19-31(29)38(32-20-10-8-18-30(32)37)39-34(23-35(42)40(43)41(39)44)28-16-11-12-21-36(28)45-3;2*1-2/h4-23,42-44H,1-3H3;1-2H3;1-2H/b13-4-;;. The summed E-state index contributed by atoms with van der Waals surface area (Å²) in [5.41, 5.74) is 6.95. The fraction of sp³-hybridized carbons (Fsp3) is 0.111. The summed E-state index contributed by atoms with van der Waals surface area (Å²) in [5.74, 6) is -0.794. The maximum Gasteiger partial charge on any atom is 0.200 e. The Morgan fingerprint density at radius 1 is 0.571 bits per heavy atom. The summed E-state index contributed by atoms with van der Waals surface area (Å²) >= 11 is 0. The molecule has 7 aromatic rings. The zero-order valence-electron chi connectivity index (χ0n) is 28.5. The van der Waals surface area contributed by atoms with Crippen molar-refractivity contribution >= 4 is 38.4 Å². The molecule has 7 rings (SSSR count). The van der Waals surface area contributed by atoms with Crippen molar-refractivity contribution in [2.24, 2.45) is 0 Å². The summed E-state index contributed by atoms with van der Waals surface area (Å²) in [6.45, 7) is 8.22. The molecule has 4 nitrogen and oxygen atoms in total. The summed E-state index contributed by atoms with van der Waals surface area (Å²) in [6.07, 6.45) is 12.3. The van der Waals surface area contributed by atoms with Gasteiger partial charge in [0.1, 0.15) is 5.75 Å². The molecule has 3 N–H and O–H groups in total. The summed E-state index contributed by atoms with van der Waals surface area (Å²) in [6, 6.07) is 36.1. The van der Waals surface area contributed by atoms with Crippen LogP contribution >= 0.6 is 0 Å². The molecule has 0 aliphatic carbocycles. The topological polar surface area (TPSA) is 69.9 Å². The van der Waals surface area contributed by atoms with Crippen molar-refractivity contribution in [2.75, 3.05) is 7.11 Å². The molecule has 0 aliphatic heterocycles. The van der Waals surface area contributed by atoms with Gasteiger partial charge in [-0.25, -0.2) is 0 Å². The Hall–Kier alpha value is -6.18. The van der Waals surface area contributed by atoms with Gasteiger partial charge in [-0.15, -0.1) is 12.8 Å². The summed E-state index contributed by atoms with van der Waals surface area (Å²) in [5, 5.41) is 39.5. The van der Waals surface area contributed by atoms with Crippen LogP contribution in [0, 0.1) is 19.8 Å². The predicted molar refractivity (Wildman–Crippen MR) is 207 cm³/mol. The normalized spacial score (nSPS) is 10.8. The Balaban J connectivity index is 0.00000113. The molecule has 0 radical (unpaired) electrons. The van der Waals surface area contributed by atoms with Crippen LogP contribution in [0.1, 0.15) is 31.9 Å². The molecule has 0 unspecified atom stereocenters. The van der Waals surface area contributed by atoms with Crippen LogP contribution in [0.2, 0.25) is 0 Å². The van der Waals surface area contributed by atoms with E-state index in [1.54, 1.807) is 7.11 Å². The van der Waals surface area contributed by atoms with Crippen molar-refractivity contribution in [3.8, 4) is 69.2 Å². The van der Waals surface area contributed by atoms with Gasteiger partial charge in [-0.05, 0) is 86.6 Å². The van der Waals surface area contributed by atoms with Crippen molar-refractivity contribution < 1.29 is 20.1 Å². The molecule has 0 aliphatic rings. The van der Waals surface area contributed by atoms with Crippen LogP contribution in [0.3, 0.4) is 0 Å². The van der Waals surface area contributed by atoms with Gasteiger partial charge < -0.3 is 20.1 Å². The van der Waals surface area contributed by atoms with Crippen molar-refractivity contribution in [3.05, 3.63) is 126 Å². The third kappa shape index (κ3) is 5.81. The molecule has 244 valence electrons. The lowest BCUT2D eigenvalue weighted by Crippen LogP contribution is -1.97. The quantitative estimate of drug-likeness (QED) is 0.0991. The lowest BCUT2D eigenvalue weighted by atomic mass is 9.81. The lowest BCUT2D eigenvalue weighted by molar-refractivity contribution is 0.369. The molecular weight excluding hydrogens is 604 g/mol. The maximum absolute atomic E-state index is 11.7. The Kier molecular flexibility index (Phi) is 10.3. The first-order valence-corrected chi connectivity index (χ1v) is 16.3. The SMILES string of the molecule is C#C.C/C=C\c1c(-c2c3ccccc3c(-c3c(-c4ccccc4OC)cc(O)c(O)c3O)c3ccccc23)cc2ccccc2c1C.CC. The van der Waals surface area contributed by atoms with E-state index >= 15 is 0 Å². The highest BCUT2D eigenvalue weighted by Crippen LogP contribution is 2.54. The van der Waals surface area contributed by atoms with Gasteiger partial charge in [-0.1, -0.05) is 117 Å². The van der Waals surface area contributed by atoms with Gasteiger partial charge in [0.05, 0.1) is 7.11 Å². The number of rotatable bonds is 5. The van der Waals surface area contributed by atoms with E-state index in [2.05, 4.69) is 86.5 Å². The molecule has 0 saturated heterocycles. The molecule has 0 atom stereocenters. The molecular formula is C45H40O4. The molecule has 4 heteroatoms. The van der Waals surface area contributed by atoms with Crippen molar-refractivity contribution in [3.63, 3.8) is 0 Å². The van der Waals surface area contributed by atoms with Gasteiger partial charge >= 0.3 is 0 Å². The monoisotopic (exact) mass is 644 g/mol. The minimum absolute atomic E-state index is 0.393. The number of methoxy groups -OCH3 is 1. The second kappa shape index (κ2) is 14.7. The number of aromatic hydroxyl groups is 3. The number of benzene rings is 7. The molecule has 0 bridgehead atoms. The summed E-state index contributed by atoms with van der Waals surface area (Å²) in [4.78, 5) is 0. The zero-order chi connectivity index (χ0) is 35.2. The fourth-order valence-corrected chi connectivity index (χ4v) is 6.80. The molecule has 49 heavy (non-hydrogen) atoms. The summed E-state index contributed by atoms with van der Waals surface area (Å²) < 4.78 is 5.70. The first-order chi connectivity index (χ1) is 23.9. The van der Waals surface area contributed by atoms with Crippen LogP contribution in [0.4, 0.5) is 0 Å². The van der Waals surface area contributed by atoms with E-state index in [0.29, 0.717) is 22.4 Å². The van der Waals surface area contributed by atoms with E-state index in [-0.39, 0.29) is 0 Å². The number of aryl methyl sites for hydroxylation is 1. The van der Waals surface area contributed by atoms with Crippen molar-refractivity contribution in [1.82, 2.24) is 0 Å². The number of terminal acetylenes is 1. The first kappa shape index (κ1) is 34.2. The molecule has 0 fully saturated rings. The van der Waals surface area contributed by atoms with Crippen molar-refractivity contribution in [1.29, 1.82) is 0 Å². The Bertz CT molecular complexity index is 2300. The molecule has 0 saturated carbocycles. The van der Waals surface area contributed by atoms with Crippen LogP contribution in [0.5, 0.6) is 23.0 Å². The second-order valence-corrected chi connectivity index (χ2v) is 11.2. The van der Waals surface area contributed by atoms with Gasteiger partial charge in [-0.3, -0.25) is 0 Å². The lowest BCUT2D eigenvalue weighted by Gasteiger charge is -2.23. The number of phenols is 3. The average molecular weight is 645 g/mol. The van der Waals surface area contributed by atoms with E-state index < -0.39 is 17.2 Å². The van der Waals surface area contributed by atoms with Gasteiger partial charge in [0.25, 0.3) is 0 Å². The Morgan fingerprint density at radius 2 is 1.08 bits per heavy atom. The minimum atomic E-state index is -0.568. The third-order valence-corrected chi connectivity index (χ3v) is 8.79. The largest absolute Gasteiger partial charge is 0.504 e. The predicted octanol–water partition coefficient (Wildman–Crippen LogP) is 11.9. The van der Waals surface area contributed by atoms with Crippen LogP contribution in [-0.4, -0.2) is 22.4 Å². The fourth-order valence-electron chi connectivity index (χ4n) is 6.80. The highest BCUT2D eigenvalue weighted by molar-refractivity contribution is 6.24. The average Bonchev–Trinajstić information content (AvgIpc) is 3.16. The van der Waals surface area contributed by atoms with Crippen LogP contribution in [0.15, 0.2) is 115 Å². The molecule has 0 spiro atoms. The number of allylic oxidation sites excluding steroid dienone is 1. The molecule has 0 amide bonds. The number of hydrogen-bond acceptors (Lipinski definition) is 4. The van der Waals surface area contributed by atoms with E-state index in [0.717, 1.165) is 49.2 Å². The highest BCUT2D eigenvalue weighted by Gasteiger charge is 2.26. The molecule has 0 aromatic heterocycles. The smallest absolute Gasteiger partial charge is 0.200 e. The third-order valence-electron chi connectivity index (χ3n) is 8.79. The van der Waals surface area contributed by atoms with E-state index in [1.165, 1.54) is 17.0 Å². The van der Waals surface area contributed by atoms with Gasteiger partial charge in [0, 0.05) is 22.3 Å². The first-order valence-electron chi connectivity index (χ1n) is 16.3. The van der Waals surface area contributed by atoms with Crippen LogP contribution in [0.25, 0.3) is 71.8 Å². The Labute approximate surface area is 288 Å². The number of ether oxygens (including phenoxy) is 1. The van der Waals surface area contributed by atoms with Crippen LogP contribution < -0.4 is 4.74 Å². The molecule has 0 heterocycles. The number of fused-ring (bicyclic) bond motifs is 3. The van der Waals surface area contributed by atoms with Crippen molar-refractivity contribution in [2.45, 2.75) is 27.7 Å². The van der Waals surface area contributed by atoms with Gasteiger partial charge in [0.2, 0.25) is 5.75 Å². The Morgan fingerprint density at radius 3 is 1.65 bits per heavy atom. The zero-order valence-corrected chi connectivity index (χ0v) is 28.5. The molecule has 7 aromatic carbocycles. The minimum Gasteiger partial charge on any atom is -0.504 e. The number of phenolic OH excluding ortho intramolecular Hbond substituents is 3. The van der Waals surface area contributed by atoms with E-state index in [9.17, 15) is 15.3 Å². The van der Waals surface area contributed by atoms with E-state index in [4.69, 9.17) is 4.74 Å². The van der Waals surface area contributed by atoms with Gasteiger partial charge in [-0.2, -0.15) is 0 Å². The second-order valence-electron chi connectivity index (χ2n) is 11.2. The number of para-hydroxylation sites is 1. The van der Waals surface area contributed by atoms with Crippen LogP contribution in [-0.2, 0) is 0 Å². The number of hydrogen-bond donors (Lipinski definition) is 3. The maximum atomic E-state index is 11.7.